The quantitative estimate of drug-likeness (QED) is 0.644. The van der Waals surface area contributed by atoms with Crippen LogP contribution in [-0.4, -0.2) is 5.16 Å². The van der Waals surface area contributed by atoms with Crippen LogP contribution in [0.15, 0.2) is 4.63 Å². The average molecular weight is 170 g/mol. The molecular formula is C8H14N2O2. The lowest BCUT2D eigenvalue weighted by Gasteiger charge is -1.97. The Morgan fingerprint density at radius 2 is 2.25 bits per heavy atom. The van der Waals surface area contributed by atoms with Gasteiger partial charge in [-0.1, -0.05) is 20.8 Å². The lowest BCUT2D eigenvalue weighted by molar-refractivity contribution is -0.808. The Bertz CT molecular complexity index is 256. The van der Waals surface area contributed by atoms with Crippen molar-refractivity contribution in [3.05, 3.63) is 16.6 Å². The zero-order chi connectivity index (χ0) is 9.14. The zero-order valence-corrected chi connectivity index (χ0v) is 7.70. The van der Waals surface area contributed by atoms with Gasteiger partial charge in [-0.15, -0.1) is 0 Å². The van der Waals surface area contributed by atoms with E-state index in [9.17, 15) is 5.21 Å². The Morgan fingerprint density at radius 1 is 1.58 bits per heavy atom. The maximum Gasteiger partial charge on any atom is 0.223 e. The summed E-state index contributed by atoms with van der Waals surface area (Å²) in [6, 6.07) is 0. The van der Waals surface area contributed by atoms with Crippen molar-refractivity contribution in [3.8, 4) is 0 Å². The molecule has 0 amide bonds. The SMILES string of the molecule is CCCc1c(C(C)C)no[n+]1[O-]. The van der Waals surface area contributed by atoms with Crippen molar-refractivity contribution in [2.24, 2.45) is 0 Å². The first-order chi connectivity index (χ1) is 5.66. The van der Waals surface area contributed by atoms with Gasteiger partial charge in [0.2, 0.25) is 5.69 Å². The van der Waals surface area contributed by atoms with Gasteiger partial charge in [0.25, 0.3) is 0 Å². The van der Waals surface area contributed by atoms with E-state index in [-0.39, 0.29) is 5.92 Å². The molecule has 0 spiro atoms. The molecule has 12 heavy (non-hydrogen) atoms. The fraction of sp³-hybridized carbons (Fsp3) is 0.750. The number of hydrogen-bond donors (Lipinski definition) is 0. The second-order valence-corrected chi connectivity index (χ2v) is 3.17. The molecule has 4 nitrogen and oxygen atoms in total. The van der Waals surface area contributed by atoms with Gasteiger partial charge < -0.3 is 5.21 Å². The second kappa shape index (κ2) is 3.56. The zero-order valence-electron chi connectivity index (χ0n) is 7.70. The van der Waals surface area contributed by atoms with E-state index in [1.807, 2.05) is 20.8 Å². The molecule has 0 saturated carbocycles. The molecule has 0 atom stereocenters. The van der Waals surface area contributed by atoms with E-state index < -0.39 is 0 Å². The Labute approximate surface area is 71.7 Å². The van der Waals surface area contributed by atoms with E-state index in [2.05, 4.69) is 9.79 Å². The number of rotatable bonds is 3. The van der Waals surface area contributed by atoms with E-state index >= 15 is 0 Å². The molecular weight excluding hydrogens is 156 g/mol. The van der Waals surface area contributed by atoms with Crippen LogP contribution in [0.2, 0.25) is 0 Å². The average Bonchev–Trinajstić information content (AvgIpc) is 2.34. The van der Waals surface area contributed by atoms with E-state index in [1.165, 1.54) is 0 Å². The van der Waals surface area contributed by atoms with Crippen LogP contribution in [-0.2, 0) is 6.42 Å². The van der Waals surface area contributed by atoms with Crippen LogP contribution >= 0.6 is 0 Å². The molecule has 0 unspecified atom stereocenters. The Kier molecular flexibility index (Phi) is 2.68. The number of nitrogens with zero attached hydrogens (tertiary/aromatic N) is 2. The fourth-order valence-electron chi connectivity index (χ4n) is 1.17. The van der Waals surface area contributed by atoms with Gasteiger partial charge in [0.15, 0.2) is 5.69 Å². The third-order valence-corrected chi connectivity index (χ3v) is 1.76. The summed E-state index contributed by atoms with van der Waals surface area (Å²) in [5, 5.41) is 14.7. The summed E-state index contributed by atoms with van der Waals surface area (Å²) in [5.41, 5.74) is 1.46. The summed E-state index contributed by atoms with van der Waals surface area (Å²) in [6.07, 6.45) is 1.67. The van der Waals surface area contributed by atoms with Crippen LogP contribution in [0, 0.1) is 5.21 Å². The van der Waals surface area contributed by atoms with Gasteiger partial charge in [0, 0.05) is 17.5 Å². The van der Waals surface area contributed by atoms with Crippen molar-refractivity contribution in [3.63, 3.8) is 0 Å². The van der Waals surface area contributed by atoms with E-state index in [0.717, 1.165) is 18.5 Å². The minimum Gasteiger partial charge on any atom is -0.359 e. The summed E-state index contributed by atoms with van der Waals surface area (Å²) in [4.78, 5) is 0.513. The van der Waals surface area contributed by atoms with Gasteiger partial charge >= 0.3 is 0 Å². The van der Waals surface area contributed by atoms with Crippen LogP contribution < -0.4 is 4.90 Å². The molecule has 4 heteroatoms. The van der Waals surface area contributed by atoms with Crippen LogP contribution in [0.3, 0.4) is 0 Å². The van der Waals surface area contributed by atoms with Crippen LogP contribution in [0.5, 0.6) is 0 Å². The molecule has 0 aliphatic carbocycles. The third-order valence-electron chi connectivity index (χ3n) is 1.76. The summed E-state index contributed by atoms with van der Waals surface area (Å²) >= 11 is 0. The van der Waals surface area contributed by atoms with E-state index in [1.54, 1.807) is 0 Å². The highest BCUT2D eigenvalue weighted by atomic mass is 16.8. The van der Waals surface area contributed by atoms with E-state index in [0.29, 0.717) is 10.6 Å². The maximum absolute atomic E-state index is 11.0. The van der Waals surface area contributed by atoms with Crippen molar-refractivity contribution >= 4 is 0 Å². The predicted molar refractivity (Wildman–Crippen MR) is 43.5 cm³/mol. The standard InChI is InChI=1S/C8H14N2O2/c1-4-5-7-8(6(2)3)9-12-10(7)11/h6H,4-5H2,1-3H3. The smallest absolute Gasteiger partial charge is 0.223 e. The van der Waals surface area contributed by atoms with Crippen molar-refractivity contribution in [1.29, 1.82) is 0 Å². The topological polar surface area (TPSA) is 53.0 Å². The predicted octanol–water partition coefficient (Wildman–Crippen LogP) is 1.38. The third kappa shape index (κ3) is 1.57. The largest absolute Gasteiger partial charge is 0.359 e. The summed E-state index contributed by atoms with van der Waals surface area (Å²) in [7, 11) is 0. The Balaban J connectivity index is 2.95. The Hall–Kier alpha value is -1.06. The molecule has 0 bridgehead atoms. The molecule has 0 aromatic carbocycles. The molecule has 1 aromatic heterocycles. The summed E-state index contributed by atoms with van der Waals surface area (Å²) in [5.74, 6) is 0.255. The normalized spacial score (nSPS) is 11.0. The highest BCUT2D eigenvalue weighted by Gasteiger charge is 2.20. The molecule has 0 aliphatic rings. The highest BCUT2D eigenvalue weighted by molar-refractivity contribution is 5.07. The first-order valence-electron chi connectivity index (χ1n) is 4.25. The molecule has 1 rings (SSSR count). The lowest BCUT2D eigenvalue weighted by atomic mass is 10.1. The van der Waals surface area contributed by atoms with Crippen molar-refractivity contribution < 1.29 is 9.53 Å². The molecule has 0 aliphatic heterocycles. The lowest BCUT2D eigenvalue weighted by Crippen LogP contribution is -2.28. The van der Waals surface area contributed by atoms with E-state index in [4.69, 9.17) is 0 Å². The van der Waals surface area contributed by atoms with Gasteiger partial charge in [0.1, 0.15) is 0 Å². The molecule has 0 radical (unpaired) electrons. The van der Waals surface area contributed by atoms with Crippen LogP contribution in [0.4, 0.5) is 0 Å². The second-order valence-electron chi connectivity index (χ2n) is 3.17. The summed E-state index contributed by atoms with van der Waals surface area (Å²) in [6.45, 7) is 6.02. The van der Waals surface area contributed by atoms with Crippen LogP contribution in [0.1, 0.15) is 44.5 Å². The molecule has 1 aromatic rings. The first kappa shape index (κ1) is 9.03. The molecule has 0 N–H and O–H groups in total. The number of aromatic nitrogens is 2. The van der Waals surface area contributed by atoms with Crippen LogP contribution in [0.25, 0.3) is 0 Å². The van der Waals surface area contributed by atoms with Gasteiger partial charge in [-0.2, -0.15) is 0 Å². The molecule has 0 fully saturated rings. The maximum atomic E-state index is 11.0. The first-order valence-corrected chi connectivity index (χ1v) is 4.25. The molecule has 68 valence electrons. The van der Waals surface area contributed by atoms with Crippen molar-refractivity contribution in [2.45, 2.75) is 39.5 Å². The molecule has 1 heterocycles. The Morgan fingerprint density at radius 3 is 2.75 bits per heavy atom. The van der Waals surface area contributed by atoms with Gasteiger partial charge in [-0.25, -0.2) is 0 Å². The van der Waals surface area contributed by atoms with Crippen molar-refractivity contribution in [1.82, 2.24) is 5.16 Å². The minimum atomic E-state index is 0.255. The van der Waals surface area contributed by atoms with Crippen molar-refractivity contribution in [2.75, 3.05) is 0 Å². The highest BCUT2D eigenvalue weighted by Crippen LogP contribution is 2.14. The molecule has 0 saturated heterocycles. The monoisotopic (exact) mass is 170 g/mol. The minimum absolute atomic E-state index is 0.255. The fourth-order valence-corrected chi connectivity index (χ4v) is 1.17. The summed E-state index contributed by atoms with van der Waals surface area (Å²) < 4.78 is 4.52. The number of hydrogen-bond acceptors (Lipinski definition) is 3. The van der Waals surface area contributed by atoms with Gasteiger partial charge in [-0.3, -0.25) is 4.63 Å². The van der Waals surface area contributed by atoms with Gasteiger partial charge in [-0.05, 0) is 11.3 Å². The van der Waals surface area contributed by atoms with Gasteiger partial charge in [0.05, 0.1) is 0 Å².